The van der Waals surface area contributed by atoms with Crippen LogP contribution >= 0.6 is 0 Å². The van der Waals surface area contributed by atoms with Gasteiger partial charge in [-0.05, 0) is 6.07 Å². The van der Waals surface area contributed by atoms with Crippen molar-refractivity contribution in [1.82, 2.24) is 25.1 Å². The molecule has 1 unspecified atom stereocenters. The number of carbonyl (C=O) groups excluding carboxylic acids is 1. The van der Waals surface area contributed by atoms with Crippen molar-refractivity contribution >= 4 is 5.91 Å². The Morgan fingerprint density at radius 3 is 2.91 bits per heavy atom. The van der Waals surface area contributed by atoms with Crippen LogP contribution in [0.25, 0.3) is 0 Å². The summed E-state index contributed by atoms with van der Waals surface area (Å²) in [4.78, 5) is 33.0. The lowest BCUT2D eigenvalue weighted by Gasteiger charge is -2.16. The Morgan fingerprint density at radius 2 is 2.17 bits per heavy atom. The van der Waals surface area contributed by atoms with Gasteiger partial charge in [0.1, 0.15) is 11.8 Å². The molecule has 0 saturated carbocycles. The van der Waals surface area contributed by atoms with Gasteiger partial charge in [0.2, 0.25) is 11.8 Å². The summed E-state index contributed by atoms with van der Waals surface area (Å²) in [6.07, 6.45) is 3.48. The van der Waals surface area contributed by atoms with Crippen LogP contribution in [0.1, 0.15) is 16.9 Å². The Balaban J connectivity index is 1.62. The largest absolute Gasteiger partial charge is 0.480 e. The lowest BCUT2D eigenvalue weighted by molar-refractivity contribution is 0.0763. The van der Waals surface area contributed by atoms with E-state index in [0.29, 0.717) is 31.3 Å². The second-order valence-electron chi connectivity index (χ2n) is 4.99. The van der Waals surface area contributed by atoms with Crippen molar-refractivity contribution in [3.05, 3.63) is 40.6 Å². The summed E-state index contributed by atoms with van der Waals surface area (Å²) in [6, 6.07) is 2.68. The van der Waals surface area contributed by atoms with Crippen molar-refractivity contribution in [1.29, 1.82) is 0 Å². The maximum atomic E-state index is 12.3. The summed E-state index contributed by atoms with van der Waals surface area (Å²) in [6.45, 7) is 0.959. The lowest BCUT2D eigenvalue weighted by Crippen LogP contribution is -2.32. The highest BCUT2D eigenvalue weighted by Crippen LogP contribution is 2.18. The fourth-order valence-electron chi connectivity index (χ4n) is 2.29. The molecule has 1 atom stereocenters. The molecule has 2 aromatic heterocycles. The van der Waals surface area contributed by atoms with Crippen LogP contribution in [0.5, 0.6) is 11.8 Å². The highest BCUT2D eigenvalue weighted by molar-refractivity contribution is 5.92. The first-order valence-electron chi connectivity index (χ1n) is 7.03. The Morgan fingerprint density at radius 1 is 1.35 bits per heavy atom. The quantitative estimate of drug-likeness (QED) is 0.835. The molecule has 0 radical (unpaired) electrons. The van der Waals surface area contributed by atoms with Crippen LogP contribution in [0.4, 0.5) is 0 Å². The Labute approximate surface area is 131 Å². The van der Waals surface area contributed by atoms with Crippen LogP contribution in [0.2, 0.25) is 0 Å². The van der Waals surface area contributed by atoms with E-state index in [1.807, 2.05) is 0 Å². The molecule has 3 heterocycles. The van der Waals surface area contributed by atoms with Crippen molar-refractivity contribution in [2.75, 3.05) is 20.2 Å². The number of nitrogens with zero attached hydrogens (tertiary/aromatic N) is 4. The molecule has 0 aromatic carbocycles. The Bertz CT molecular complexity index is 742. The fourth-order valence-corrected chi connectivity index (χ4v) is 2.29. The summed E-state index contributed by atoms with van der Waals surface area (Å²) in [5, 5.41) is 6.00. The molecule has 9 nitrogen and oxygen atoms in total. The van der Waals surface area contributed by atoms with Crippen molar-refractivity contribution in [3.63, 3.8) is 0 Å². The summed E-state index contributed by atoms with van der Waals surface area (Å²) >= 11 is 0. The van der Waals surface area contributed by atoms with Crippen LogP contribution in [-0.4, -0.2) is 57.3 Å². The highest BCUT2D eigenvalue weighted by atomic mass is 16.5. The monoisotopic (exact) mass is 317 g/mol. The summed E-state index contributed by atoms with van der Waals surface area (Å²) in [7, 11) is 1.50. The second-order valence-corrected chi connectivity index (χ2v) is 4.99. The third-order valence-electron chi connectivity index (χ3n) is 3.42. The standard InChI is InChI=1S/C14H15N5O4/c1-22-12-6-15-7-13(16-12)23-9-4-5-19(8-9)14(21)10-2-3-11(20)18-17-10/h2-3,6-7,9H,4-5,8H2,1H3,(H,18,20). The van der Waals surface area contributed by atoms with Crippen LogP contribution in [0, 0.1) is 0 Å². The highest BCUT2D eigenvalue weighted by Gasteiger charge is 2.29. The van der Waals surface area contributed by atoms with Crippen LogP contribution in [0.3, 0.4) is 0 Å². The molecular weight excluding hydrogens is 302 g/mol. The van der Waals surface area contributed by atoms with Crippen molar-refractivity contribution < 1.29 is 14.3 Å². The molecule has 1 saturated heterocycles. The number of methoxy groups -OCH3 is 1. The van der Waals surface area contributed by atoms with Crippen molar-refractivity contribution in [2.45, 2.75) is 12.5 Å². The number of aromatic amines is 1. The van der Waals surface area contributed by atoms with Gasteiger partial charge < -0.3 is 14.4 Å². The van der Waals surface area contributed by atoms with Gasteiger partial charge in [-0.1, -0.05) is 0 Å². The van der Waals surface area contributed by atoms with Gasteiger partial charge in [0.05, 0.1) is 26.0 Å². The molecule has 0 aliphatic carbocycles. The molecular formula is C14H15N5O4. The maximum Gasteiger partial charge on any atom is 0.274 e. The van der Waals surface area contributed by atoms with Crippen molar-refractivity contribution in [3.8, 4) is 11.8 Å². The average Bonchev–Trinajstić information content (AvgIpc) is 3.03. The number of hydrogen-bond donors (Lipinski definition) is 1. The number of amides is 1. The number of H-pyrrole nitrogens is 1. The van der Waals surface area contributed by atoms with E-state index in [-0.39, 0.29) is 23.3 Å². The SMILES string of the molecule is COc1cncc(OC2CCN(C(=O)c3ccc(=O)[nH]n3)C2)n1. The van der Waals surface area contributed by atoms with Gasteiger partial charge in [-0.2, -0.15) is 10.1 Å². The Hall–Kier alpha value is -2.97. The normalized spacial score (nSPS) is 17.1. The number of aromatic nitrogens is 4. The third-order valence-corrected chi connectivity index (χ3v) is 3.42. The molecule has 1 aliphatic heterocycles. The second kappa shape index (κ2) is 6.42. The van der Waals surface area contributed by atoms with Crippen molar-refractivity contribution in [2.24, 2.45) is 0 Å². The number of nitrogens with one attached hydrogen (secondary N) is 1. The van der Waals surface area contributed by atoms with Gasteiger partial charge in [-0.15, -0.1) is 0 Å². The molecule has 2 aromatic rings. The number of hydrogen-bond acceptors (Lipinski definition) is 7. The maximum absolute atomic E-state index is 12.3. The van der Waals surface area contributed by atoms with E-state index < -0.39 is 0 Å². The van der Waals surface area contributed by atoms with Gasteiger partial charge in [0.25, 0.3) is 11.5 Å². The summed E-state index contributed by atoms with van der Waals surface area (Å²) in [5.74, 6) is 0.473. The molecule has 1 fully saturated rings. The van der Waals surface area contributed by atoms with E-state index in [1.54, 1.807) is 4.90 Å². The summed E-state index contributed by atoms with van der Waals surface area (Å²) in [5.41, 5.74) is -0.146. The van der Waals surface area contributed by atoms with E-state index in [4.69, 9.17) is 9.47 Å². The van der Waals surface area contributed by atoms with Crippen LogP contribution < -0.4 is 15.0 Å². The molecule has 1 aliphatic rings. The lowest BCUT2D eigenvalue weighted by atomic mass is 10.3. The minimum absolute atomic E-state index is 0.178. The van der Waals surface area contributed by atoms with Gasteiger partial charge in [-0.25, -0.2) is 5.10 Å². The number of ether oxygens (including phenoxy) is 2. The summed E-state index contributed by atoms with van der Waals surface area (Å²) < 4.78 is 10.7. The van der Waals surface area contributed by atoms with Gasteiger partial charge in [-0.3, -0.25) is 14.6 Å². The third kappa shape index (κ3) is 3.44. The van der Waals surface area contributed by atoms with Crippen LogP contribution in [0.15, 0.2) is 29.3 Å². The first kappa shape index (κ1) is 14.9. The molecule has 1 amide bonds. The molecule has 0 spiro atoms. The Kier molecular flexibility index (Phi) is 4.18. The smallest absolute Gasteiger partial charge is 0.274 e. The number of carbonyl (C=O) groups is 1. The molecule has 0 bridgehead atoms. The predicted molar refractivity (Wildman–Crippen MR) is 78.4 cm³/mol. The van der Waals surface area contributed by atoms with E-state index in [9.17, 15) is 9.59 Å². The van der Waals surface area contributed by atoms with Crippen LogP contribution in [-0.2, 0) is 0 Å². The minimum atomic E-state index is -0.346. The van der Waals surface area contributed by atoms with E-state index in [2.05, 4.69) is 20.2 Å². The average molecular weight is 317 g/mol. The van der Waals surface area contributed by atoms with Gasteiger partial charge >= 0.3 is 0 Å². The van der Waals surface area contributed by atoms with E-state index in [0.717, 1.165) is 0 Å². The fraction of sp³-hybridized carbons (Fsp3) is 0.357. The molecule has 23 heavy (non-hydrogen) atoms. The number of likely N-dealkylation sites (tertiary alicyclic amines) is 1. The van der Waals surface area contributed by atoms with E-state index >= 15 is 0 Å². The molecule has 9 heteroatoms. The molecule has 1 N–H and O–H groups in total. The number of rotatable bonds is 4. The minimum Gasteiger partial charge on any atom is -0.480 e. The zero-order valence-corrected chi connectivity index (χ0v) is 12.4. The zero-order chi connectivity index (χ0) is 16.2. The topological polar surface area (TPSA) is 110 Å². The zero-order valence-electron chi connectivity index (χ0n) is 12.4. The first-order chi connectivity index (χ1) is 11.2. The van der Waals surface area contributed by atoms with Gasteiger partial charge in [0.15, 0.2) is 0 Å². The predicted octanol–water partition coefficient (Wildman–Crippen LogP) is -0.138. The first-order valence-corrected chi connectivity index (χ1v) is 7.03. The molecule has 3 rings (SSSR count). The molecule has 120 valence electrons. The van der Waals surface area contributed by atoms with E-state index in [1.165, 1.54) is 31.6 Å². The van der Waals surface area contributed by atoms with Gasteiger partial charge in [0, 0.05) is 19.0 Å².